The first kappa shape index (κ1) is 13.7. The summed E-state index contributed by atoms with van der Waals surface area (Å²) in [7, 11) is 1.82. The summed E-state index contributed by atoms with van der Waals surface area (Å²) in [6.07, 6.45) is 0.972. The Balaban J connectivity index is 2.15. The van der Waals surface area contributed by atoms with Gasteiger partial charge >= 0.3 is 0 Å². The third-order valence-corrected chi connectivity index (χ3v) is 4.04. The molecule has 0 fully saturated rings. The number of likely N-dealkylation sites (N-methyl/N-ethyl adjacent to an activating group) is 1. The Kier molecular flexibility index (Phi) is 6.01. The molecule has 0 aromatic carbocycles. The van der Waals surface area contributed by atoms with Crippen LogP contribution in [0.4, 0.5) is 0 Å². The van der Waals surface area contributed by atoms with Crippen molar-refractivity contribution >= 4 is 33.2 Å². The molecule has 0 bridgehead atoms. The second-order valence-corrected chi connectivity index (χ2v) is 6.09. The number of rotatable bonds is 6. The van der Waals surface area contributed by atoms with Crippen molar-refractivity contribution in [3.05, 3.63) is 20.8 Å². The maximum absolute atomic E-state index is 11.4. The van der Waals surface area contributed by atoms with Crippen LogP contribution in [-0.2, 0) is 11.2 Å². The fourth-order valence-corrected chi connectivity index (χ4v) is 2.69. The minimum atomic E-state index is 0.148. The summed E-state index contributed by atoms with van der Waals surface area (Å²) in [5.74, 6) is 0.148. The first-order valence-electron chi connectivity index (χ1n) is 5.32. The molecule has 0 aliphatic carbocycles. The van der Waals surface area contributed by atoms with Gasteiger partial charge in [-0.2, -0.15) is 0 Å². The highest BCUT2D eigenvalue weighted by molar-refractivity contribution is 9.11. The first-order valence-corrected chi connectivity index (χ1v) is 6.93. The van der Waals surface area contributed by atoms with Crippen molar-refractivity contribution in [1.29, 1.82) is 0 Å². The number of nitrogens with zero attached hydrogens (tertiary/aromatic N) is 1. The minimum absolute atomic E-state index is 0.148. The lowest BCUT2D eigenvalue weighted by atomic mass is 10.3. The van der Waals surface area contributed by atoms with E-state index in [0.717, 1.165) is 23.3 Å². The molecule has 16 heavy (non-hydrogen) atoms. The molecule has 0 saturated carbocycles. The number of amides is 1. The Morgan fingerprint density at radius 2 is 2.31 bits per heavy atom. The quantitative estimate of drug-likeness (QED) is 0.817. The monoisotopic (exact) mass is 304 g/mol. The number of halogens is 1. The molecule has 0 saturated heterocycles. The van der Waals surface area contributed by atoms with E-state index in [0.29, 0.717) is 6.54 Å². The van der Waals surface area contributed by atoms with Gasteiger partial charge in [-0.3, -0.25) is 4.79 Å². The summed E-state index contributed by atoms with van der Waals surface area (Å²) in [6.45, 7) is 4.01. The van der Waals surface area contributed by atoms with Crippen molar-refractivity contribution < 1.29 is 4.79 Å². The topological polar surface area (TPSA) is 32.3 Å². The molecule has 0 unspecified atom stereocenters. The van der Waals surface area contributed by atoms with Crippen LogP contribution in [0.2, 0.25) is 0 Å². The Morgan fingerprint density at radius 1 is 1.56 bits per heavy atom. The summed E-state index contributed by atoms with van der Waals surface area (Å²) in [5, 5.41) is 3.16. The van der Waals surface area contributed by atoms with Crippen molar-refractivity contribution in [1.82, 2.24) is 10.2 Å². The SMILES string of the molecule is CCN(C)C(=O)CNCCc1ccc(Br)s1. The van der Waals surface area contributed by atoms with Gasteiger partial charge in [-0.1, -0.05) is 0 Å². The van der Waals surface area contributed by atoms with Crippen LogP contribution in [0.1, 0.15) is 11.8 Å². The van der Waals surface area contributed by atoms with E-state index in [9.17, 15) is 4.79 Å². The largest absolute Gasteiger partial charge is 0.345 e. The van der Waals surface area contributed by atoms with Crippen molar-refractivity contribution in [2.45, 2.75) is 13.3 Å². The minimum Gasteiger partial charge on any atom is -0.345 e. The van der Waals surface area contributed by atoms with Gasteiger partial charge in [0.25, 0.3) is 0 Å². The molecule has 0 aliphatic rings. The van der Waals surface area contributed by atoms with E-state index in [-0.39, 0.29) is 5.91 Å². The molecule has 1 rings (SSSR count). The highest BCUT2D eigenvalue weighted by Gasteiger charge is 2.05. The molecule has 1 heterocycles. The standard InChI is InChI=1S/C11H17BrN2OS/c1-3-14(2)11(15)8-13-7-6-9-4-5-10(12)16-9/h4-5,13H,3,6-8H2,1-2H3. The number of thiophene rings is 1. The van der Waals surface area contributed by atoms with Crippen LogP contribution in [-0.4, -0.2) is 37.5 Å². The molecular weight excluding hydrogens is 288 g/mol. The average Bonchev–Trinajstić information content (AvgIpc) is 2.69. The van der Waals surface area contributed by atoms with E-state index in [2.05, 4.69) is 33.4 Å². The lowest BCUT2D eigenvalue weighted by Crippen LogP contribution is -2.36. The zero-order chi connectivity index (χ0) is 12.0. The predicted octanol–water partition coefficient (Wildman–Crippen LogP) is 2.12. The number of carbonyl (C=O) groups is 1. The highest BCUT2D eigenvalue weighted by Crippen LogP contribution is 2.21. The van der Waals surface area contributed by atoms with Gasteiger partial charge in [-0.15, -0.1) is 11.3 Å². The Labute approximate surface area is 109 Å². The van der Waals surface area contributed by atoms with E-state index in [1.54, 1.807) is 16.2 Å². The Morgan fingerprint density at radius 3 is 2.88 bits per heavy atom. The summed E-state index contributed by atoms with van der Waals surface area (Å²) in [5.41, 5.74) is 0. The molecule has 90 valence electrons. The van der Waals surface area contributed by atoms with Gasteiger partial charge in [0, 0.05) is 25.0 Å². The third kappa shape index (κ3) is 4.63. The zero-order valence-corrected chi connectivity index (χ0v) is 12.0. The molecule has 3 nitrogen and oxygen atoms in total. The Hall–Kier alpha value is -0.390. The van der Waals surface area contributed by atoms with Gasteiger partial charge in [-0.25, -0.2) is 0 Å². The molecule has 5 heteroatoms. The van der Waals surface area contributed by atoms with Gasteiger partial charge in [-0.05, 0) is 41.4 Å². The van der Waals surface area contributed by atoms with Crippen LogP contribution in [0, 0.1) is 0 Å². The van der Waals surface area contributed by atoms with Crippen molar-refractivity contribution in [2.75, 3.05) is 26.7 Å². The van der Waals surface area contributed by atoms with Crippen molar-refractivity contribution in [3.63, 3.8) is 0 Å². The number of hydrogen-bond donors (Lipinski definition) is 1. The molecule has 1 N–H and O–H groups in total. The molecule has 0 aliphatic heterocycles. The number of nitrogens with one attached hydrogen (secondary N) is 1. The van der Waals surface area contributed by atoms with Crippen LogP contribution in [0.5, 0.6) is 0 Å². The molecule has 0 spiro atoms. The van der Waals surface area contributed by atoms with Crippen LogP contribution in [0.3, 0.4) is 0 Å². The van der Waals surface area contributed by atoms with Crippen LogP contribution in [0.25, 0.3) is 0 Å². The highest BCUT2D eigenvalue weighted by atomic mass is 79.9. The van der Waals surface area contributed by atoms with E-state index in [1.807, 2.05) is 14.0 Å². The fraction of sp³-hybridized carbons (Fsp3) is 0.545. The average molecular weight is 305 g/mol. The normalized spacial score (nSPS) is 10.4. The molecule has 0 radical (unpaired) electrons. The maximum Gasteiger partial charge on any atom is 0.236 e. The van der Waals surface area contributed by atoms with Crippen LogP contribution in [0.15, 0.2) is 15.9 Å². The van der Waals surface area contributed by atoms with Gasteiger partial charge < -0.3 is 10.2 Å². The van der Waals surface area contributed by atoms with Gasteiger partial charge in [0.15, 0.2) is 0 Å². The molecule has 1 aromatic heterocycles. The van der Waals surface area contributed by atoms with Crippen LogP contribution < -0.4 is 5.32 Å². The van der Waals surface area contributed by atoms with Crippen molar-refractivity contribution in [3.8, 4) is 0 Å². The zero-order valence-electron chi connectivity index (χ0n) is 9.62. The van der Waals surface area contributed by atoms with Gasteiger partial charge in [0.2, 0.25) is 5.91 Å². The lowest BCUT2D eigenvalue weighted by Gasteiger charge is -2.14. The molecule has 1 amide bonds. The predicted molar refractivity (Wildman–Crippen MR) is 71.9 cm³/mol. The number of hydrogen-bond acceptors (Lipinski definition) is 3. The smallest absolute Gasteiger partial charge is 0.236 e. The van der Waals surface area contributed by atoms with Crippen LogP contribution >= 0.6 is 27.3 Å². The second-order valence-electron chi connectivity index (χ2n) is 3.54. The summed E-state index contributed by atoms with van der Waals surface area (Å²) < 4.78 is 1.16. The van der Waals surface area contributed by atoms with E-state index >= 15 is 0 Å². The Bertz CT molecular complexity index is 340. The maximum atomic E-state index is 11.4. The summed E-state index contributed by atoms with van der Waals surface area (Å²) >= 11 is 5.17. The number of carbonyl (C=O) groups excluding carboxylic acids is 1. The first-order chi connectivity index (χ1) is 7.63. The fourth-order valence-electron chi connectivity index (χ4n) is 1.20. The van der Waals surface area contributed by atoms with E-state index < -0.39 is 0 Å². The molecule has 0 atom stereocenters. The summed E-state index contributed by atoms with van der Waals surface area (Å²) in [4.78, 5) is 14.5. The lowest BCUT2D eigenvalue weighted by molar-refractivity contribution is -0.128. The van der Waals surface area contributed by atoms with Gasteiger partial charge in [0.05, 0.1) is 10.3 Å². The van der Waals surface area contributed by atoms with E-state index in [4.69, 9.17) is 0 Å². The molecule has 1 aromatic rings. The summed E-state index contributed by atoms with van der Waals surface area (Å²) in [6, 6.07) is 4.16. The second kappa shape index (κ2) is 7.04. The molecular formula is C11H17BrN2OS. The van der Waals surface area contributed by atoms with Crippen molar-refractivity contribution in [2.24, 2.45) is 0 Å². The van der Waals surface area contributed by atoms with Gasteiger partial charge in [0.1, 0.15) is 0 Å². The third-order valence-electron chi connectivity index (χ3n) is 2.35. The van der Waals surface area contributed by atoms with E-state index in [1.165, 1.54) is 4.88 Å².